The van der Waals surface area contributed by atoms with Crippen molar-refractivity contribution in [2.45, 2.75) is 6.42 Å². The van der Waals surface area contributed by atoms with Crippen LogP contribution in [-0.4, -0.2) is 65.8 Å². The minimum atomic E-state index is -0.464. The van der Waals surface area contributed by atoms with Crippen LogP contribution in [0.3, 0.4) is 0 Å². The normalized spacial score (nSPS) is 15.9. The number of imide groups is 1. The number of phenolic OH excluding ortho intramolecular Hbond substituents is 1. The lowest BCUT2D eigenvalue weighted by Gasteiger charge is -2.26. The molecule has 0 spiro atoms. The number of nitrogens with one attached hydrogen (secondary N) is 1. The number of aromatic nitrogens is 1. The van der Waals surface area contributed by atoms with Gasteiger partial charge in [0.1, 0.15) is 0 Å². The van der Waals surface area contributed by atoms with Crippen LogP contribution in [0, 0.1) is 0 Å². The average molecular weight is 520 g/mol. The van der Waals surface area contributed by atoms with Gasteiger partial charge in [-0.3, -0.25) is 19.8 Å². The largest absolute Gasteiger partial charge is 0.504 e. The number of nitrogens with zero attached hydrogens (tertiary/aromatic N) is 2. The summed E-state index contributed by atoms with van der Waals surface area (Å²) in [5.41, 5.74) is 3.37. The number of carbonyl (C=O) groups excluding carboxylic acids is 2. The highest BCUT2D eigenvalue weighted by Crippen LogP contribution is 2.44. The molecule has 4 aromatic rings. The maximum Gasteiger partial charge on any atom is 0.259 e. The van der Waals surface area contributed by atoms with Crippen molar-refractivity contribution >= 4 is 45.2 Å². The summed E-state index contributed by atoms with van der Waals surface area (Å²) < 4.78 is 13.3. The molecule has 1 saturated heterocycles. The fourth-order valence-corrected chi connectivity index (χ4v) is 5.60. The number of amides is 2. The Hall–Kier alpha value is -3.59. The quantitative estimate of drug-likeness (QED) is 0.291. The van der Waals surface area contributed by atoms with E-state index in [0.29, 0.717) is 50.4 Å². The number of hydrogen-bond donors (Lipinski definition) is 2. The molecule has 9 heteroatoms. The molecule has 0 radical (unpaired) electrons. The van der Waals surface area contributed by atoms with Crippen LogP contribution in [0.25, 0.3) is 32.9 Å². The van der Waals surface area contributed by atoms with Crippen molar-refractivity contribution in [3.05, 3.63) is 58.6 Å². The number of ether oxygens (including phenoxy) is 2. The van der Waals surface area contributed by atoms with Crippen LogP contribution in [-0.2, 0) is 11.8 Å². The number of carbonyl (C=O) groups is 2. The Labute approximate surface area is 218 Å². The van der Waals surface area contributed by atoms with E-state index in [9.17, 15) is 14.7 Å². The summed E-state index contributed by atoms with van der Waals surface area (Å²) in [7, 11) is 1.89. The molecule has 3 heterocycles. The number of benzene rings is 3. The van der Waals surface area contributed by atoms with Gasteiger partial charge in [0.2, 0.25) is 0 Å². The van der Waals surface area contributed by atoms with E-state index in [1.807, 2.05) is 35.9 Å². The Morgan fingerprint density at radius 3 is 2.57 bits per heavy atom. The third-order valence-electron chi connectivity index (χ3n) is 7.20. The average Bonchev–Trinajstić information content (AvgIpc) is 3.34. The Morgan fingerprint density at radius 1 is 1.03 bits per heavy atom. The van der Waals surface area contributed by atoms with Gasteiger partial charge in [-0.25, -0.2) is 0 Å². The molecule has 2 aliphatic heterocycles. The summed E-state index contributed by atoms with van der Waals surface area (Å²) in [4.78, 5) is 28.2. The Balaban J connectivity index is 1.42. The van der Waals surface area contributed by atoms with Gasteiger partial charge >= 0.3 is 0 Å². The fourth-order valence-electron chi connectivity index (χ4n) is 5.36. The first kappa shape index (κ1) is 23.8. The summed E-state index contributed by atoms with van der Waals surface area (Å²) in [5.74, 6) is -0.559. The van der Waals surface area contributed by atoms with E-state index in [2.05, 4.69) is 10.2 Å². The van der Waals surface area contributed by atoms with Gasteiger partial charge in [0.05, 0.1) is 42.0 Å². The van der Waals surface area contributed by atoms with Gasteiger partial charge in [0.15, 0.2) is 11.5 Å². The van der Waals surface area contributed by atoms with Crippen LogP contribution in [0.2, 0.25) is 5.02 Å². The highest BCUT2D eigenvalue weighted by atomic mass is 35.5. The highest BCUT2D eigenvalue weighted by Gasteiger charge is 2.34. The number of aryl methyl sites for hydroxylation is 1. The van der Waals surface area contributed by atoms with E-state index < -0.39 is 11.8 Å². The molecule has 0 atom stereocenters. The Bertz CT molecular complexity index is 1570. The molecule has 3 aromatic carbocycles. The number of fused-ring (bicyclic) bond motifs is 5. The van der Waals surface area contributed by atoms with Crippen LogP contribution < -0.4 is 10.1 Å². The SMILES string of the molecule is Cn1c2cc(OCCCN3CCOCC3)c(O)cc2c2c3c(c(-c4ccccc4Cl)cc21)C(=O)NC3=O. The molecule has 37 heavy (non-hydrogen) atoms. The molecular formula is C28H26ClN3O5. The van der Waals surface area contributed by atoms with E-state index in [1.54, 1.807) is 18.2 Å². The van der Waals surface area contributed by atoms with Gasteiger partial charge in [-0.1, -0.05) is 29.8 Å². The second-order valence-corrected chi connectivity index (χ2v) is 9.79. The van der Waals surface area contributed by atoms with Crippen LogP contribution >= 0.6 is 11.6 Å². The lowest BCUT2D eigenvalue weighted by atomic mass is 9.93. The standard InChI is InChI=1S/C28H26ClN3O5/c1-31-20-15-23(37-10-4-7-32-8-11-36-12-9-32)22(33)14-18(20)24-21(31)13-17(16-5-2-3-6-19(16)29)25-26(24)28(35)30-27(25)34/h2-3,5-6,13-15,33H,4,7-12H2,1H3,(H,30,34,35). The van der Waals surface area contributed by atoms with Gasteiger partial charge in [-0.05, 0) is 30.2 Å². The van der Waals surface area contributed by atoms with Gasteiger partial charge in [-0.15, -0.1) is 0 Å². The second kappa shape index (κ2) is 9.37. The summed E-state index contributed by atoms with van der Waals surface area (Å²) in [5, 5.41) is 15.0. The van der Waals surface area contributed by atoms with Crippen LogP contribution in [0.15, 0.2) is 42.5 Å². The Kier molecular flexibility index (Phi) is 6.03. The van der Waals surface area contributed by atoms with Gasteiger partial charge in [0, 0.05) is 54.1 Å². The molecule has 1 fully saturated rings. The predicted molar refractivity (Wildman–Crippen MR) is 142 cm³/mol. The maximum absolute atomic E-state index is 13.0. The van der Waals surface area contributed by atoms with E-state index in [1.165, 1.54) is 0 Å². The molecule has 2 N–H and O–H groups in total. The fraction of sp³-hybridized carbons (Fsp3) is 0.286. The summed E-state index contributed by atoms with van der Waals surface area (Å²) >= 11 is 6.48. The first-order valence-corrected chi connectivity index (χ1v) is 12.7. The van der Waals surface area contributed by atoms with Gasteiger partial charge in [0.25, 0.3) is 11.8 Å². The van der Waals surface area contributed by atoms with Crippen LogP contribution in [0.4, 0.5) is 0 Å². The summed E-state index contributed by atoms with van der Waals surface area (Å²) in [6, 6.07) is 12.5. The number of aromatic hydroxyl groups is 1. The second-order valence-electron chi connectivity index (χ2n) is 9.38. The van der Waals surface area contributed by atoms with E-state index in [-0.39, 0.29) is 5.75 Å². The molecule has 1 aromatic heterocycles. The first-order chi connectivity index (χ1) is 17.9. The number of halogens is 1. The molecule has 2 aliphatic rings. The number of morpholine rings is 1. The van der Waals surface area contributed by atoms with Crippen LogP contribution in [0.5, 0.6) is 11.5 Å². The highest BCUT2D eigenvalue weighted by molar-refractivity contribution is 6.36. The van der Waals surface area contributed by atoms with Crippen molar-refractivity contribution < 1.29 is 24.2 Å². The lowest BCUT2D eigenvalue weighted by molar-refractivity contribution is 0.0357. The summed E-state index contributed by atoms with van der Waals surface area (Å²) in [6.07, 6.45) is 0.823. The zero-order valence-corrected chi connectivity index (χ0v) is 21.1. The monoisotopic (exact) mass is 519 g/mol. The molecule has 0 aliphatic carbocycles. The minimum Gasteiger partial charge on any atom is -0.504 e. The molecule has 0 saturated carbocycles. The topological polar surface area (TPSA) is 93.0 Å². The molecule has 6 rings (SSSR count). The van der Waals surface area contributed by atoms with E-state index >= 15 is 0 Å². The molecule has 8 nitrogen and oxygen atoms in total. The van der Waals surface area contributed by atoms with Crippen molar-refractivity contribution in [3.63, 3.8) is 0 Å². The molecule has 0 bridgehead atoms. The summed E-state index contributed by atoms with van der Waals surface area (Å²) in [6.45, 7) is 4.72. The third kappa shape index (κ3) is 4.01. The number of hydrogen-bond acceptors (Lipinski definition) is 6. The van der Waals surface area contributed by atoms with Crippen molar-refractivity contribution in [2.24, 2.45) is 7.05 Å². The molecule has 190 valence electrons. The number of phenols is 1. The minimum absolute atomic E-state index is 0.0139. The van der Waals surface area contributed by atoms with Gasteiger partial charge < -0.3 is 19.1 Å². The smallest absolute Gasteiger partial charge is 0.259 e. The third-order valence-corrected chi connectivity index (χ3v) is 7.53. The zero-order valence-electron chi connectivity index (χ0n) is 20.3. The number of rotatable bonds is 6. The lowest BCUT2D eigenvalue weighted by Crippen LogP contribution is -2.37. The molecular weight excluding hydrogens is 494 g/mol. The van der Waals surface area contributed by atoms with Crippen molar-refractivity contribution in [3.8, 4) is 22.6 Å². The van der Waals surface area contributed by atoms with E-state index in [4.69, 9.17) is 21.1 Å². The first-order valence-electron chi connectivity index (χ1n) is 12.3. The maximum atomic E-state index is 13.0. The Morgan fingerprint density at radius 2 is 1.78 bits per heavy atom. The van der Waals surface area contributed by atoms with Crippen LogP contribution in [0.1, 0.15) is 27.1 Å². The molecule has 0 unspecified atom stereocenters. The molecule has 2 amide bonds. The predicted octanol–water partition coefficient (Wildman–Crippen LogP) is 4.34. The van der Waals surface area contributed by atoms with Crippen molar-refractivity contribution in [2.75, 3.05) is 39.5 Å². The van der Waals surface area contributed by atoms with Crippen molar-refractivity contribution in [1.82, 2.24) is 14.8 Å². The zero-order chi connectivity index (χ0) is 25.7. The van der Waals surface area contributed by atoms with Crippen molar-refractivity contribution in [1.29, 1.82) is 0 Å². The van der Waals surface area contributed by atoms with E-state index in [0.717, 1.165) is 50.3 Å². The van der Waals surface area contributed by atoms with Gasteiger partial charge in [-0.2, -0.15) is 0 Å².